The third-order valence-electron chi connectivity index (χ3n) is 3.69. The number of aromatic nitrogens is 1. The Bertz CT molecular complexity index is 832. The van der Waals surface area contributed by atoms with E-state index in [1.807, 2.05) is 30.3 Å². The largest absolute Gasteiger partial charge is 0.255 e. The lowest BCUT2D eigenvalue weighted by atomic mass is 10.1. The van der Waals surface area contributed by atoms with Gasteiger partial charge in [0.25, 0.3) is 0 Å². The monoisotopic (exact) mass is 283 g/mol. The molecule has 0 bridgehead atoms. The first-order valence-electron chi connectivity index (χ1n) is 7.15. The SMILES string of the molecule is C(=NN=C1c2ccccc2-c2ccccc21)c1ccccn1. The summed E-state index contributed by atoms with van der Waals surface area (Å²) in [5.41, 5.74) is 6.39. The predicted molar refractivity (Wildman–Crippen MR) is 89.3 cm³/mol. The molecule has 0 fully saturated rings. The minimum atomic E-state index is 0.798. The highest BCUT2D eigenvalue weighted by molar-refractivity contribution is 6.24. The maximum Gasteiger partial charge on any atom is 0.101 e. The van der Waals surface area contributed by atoms with Gasteiger partial charge in [0.1, 0.15) is 5.71 Å². The molecule has 0 radical (unpaired) electrons. The van der Waals surface area contributed by atoms with Crippen LogP contribution < -0.4 is 0 Å². The van der Waals surface area contributed by atoms with Crippen LogP contribution in [0.2, 0.25) is 0 Å². The summed E-state index contributed by atoms with van der Waals surface area (Å²) in [5.74, 6) is 0. The van der Waals surface area contributed by atoms with Crippen molar-refractivity contribution >= 4 is 11.9 Å². The van der Waals surface area contributed by atoms with Crippen molar-refractivity contribution in [1.29, 1.82) is 0 Å². The second-order valence-electron chi connectivity index (χ2n) is 5.04. The van der Waals surface area contributed by atoms with Gasteiger partial charge in [-0.25, -0.2) is 0 Å². The smallest absolute Gasteiger partial charge is 0.101 e. The zero-order chi connectivity index (χ0) is 14.8. The van der Waals surface area contributed by atoms with Crippen molar-refractivity contribution in [3.05, 3.63) is 89.7 Å². The van der Waals surface area contributed by atoms with Crippen molar-refractivity contribution in [2.24, 2.45) is 10.2 Å². The number of hydrogen-bond acceptors (Lipinski definition) is 3. The van der Waals surface area contributed by atoms with Crippen molar-refractivity contribution in [1.82, 2.24) is 4.98 Å². The van der Waals surface area contributed by atoms with Crippen LogP contribution in [0.4, 0.5) is 0 Å². The Labute approximate surface area is 128 Å². The molecule has 0 aliphatic heterocycles. The maximum atomic E-state index is 4.45. The van der Waals surface area contributed by atoms with Gasteiger partial charge < -0.3 is 0 Å². The van der Waals surface area contributed by atoms with Crippen LogP contribution in [0, 0.1) is 0 Å². The Hall–Kier alpha value is -3.07. The number of benzene rings is 2. The first-order valence-corrected chi connectivity index (χ1v) is 7.15. The quantitative estimate of drug-likeness (QED) is 0.405. The fourth-order valence-electron chi connectivity index (χ4n) is 2.70. The van der Waals surface area contributed by atoms with Crippen LogP contribution in [0.1, 0.15) is 16.8 Å². The van der Waals surface area contributed by atoms with Crippen LogP contribution in [-0.4, -0.2) is 16.9 Å². The van der Waals surface area contributed by atoms with E-state index in [1.54, 1.807) is 12.4 Å². The van der Waals surface area contributed by atoms with Crippen molar-refractivity contribution in [2.45, 2.75) is 0 Å². The van der Waals surface area contributed by atoms with E-state index in [0.29, 0.717) is 0 Å². The topological polar surface area (TPSA) is 37.6 Å². The second kappa shape index (κ2) is 5.37. The normalized spacial score (nSPS) is 12.3. The van der Waals surface area contributed by atoms with E-state index in [1.165, 1.54) is 11.1 Å². The molecular formula is C19H13N3. The van der Waals surface area contributed by atoms with Crippen LogP contribution in [-0.2, 0) is 0 Å². The molecule has 22 heavy (non-hydrogen) atoms. The molecule has 104 valence electrons. The average Bonchev–Trinajstić information content (AvgIpc) is 2.91. The van der Waals surface area contributed by atoms with Gasteiger partial charge in [-0.1, -0.05) is 54.6 Å². The predicted octanol–water partition coefficient (Wildman–Crippen LogP) is 3.93. The van der Waals surface area contributed by atoms with Gasteiger partial charge in [0.15, 0.2) is 0 Å². The Morgan fingerprint density at radius 1 is 0.682 bits per heavy atom. The molecule has 1 aliphatic rings. The van der Waals surface area contributed by atoms with E-state index in [9.17, 15) is 0 Å². The molecule has 3 heteroatoms. The van der Waals surface area contributed by atoms with Gasteiger partial charge in [-0.2, -0.15) is 5.10 Å². The molecule has 0 atom stereocenters. The highest BCUT2D eigenvalue weighted by atomic mass is 15.2. The molecule has 0 saturated heterocycles. The molecule has 1 heterocycles. The lowest BCUT2D eigenvalue weighted by Crippen LogP contribution is -1.97. The van der Waals surface area contributed by atoms with Gasteiger partial charge in [-0.05, 0) is 23.3 Å². The first-order chi connectivity index (χ1) is 10.9. The minimum Gasteiger partial charge on any atom is -0.255 e. The van der Waals surface area contributed by atoms with E-state index < -0.39 is 0 Å². The summed E-state index contributed by atoms with van der Waals surface area (Å²) in [5, 5.41) is 8.67. The van der Waals surface area contributed by atoms with E-state index in [2.05, 4.69) is 51.6 Å². The molecule has 3 nitrogen and oxygen atoms in total. The highest BCUT2D eigenvalue weighted by Gasteiger charge is 2.23. The summed E-state index contributed by atoms with van der Waals surface area (Å²) in [6.45, 7) is 0. The van der Waals surface area contributed by atoms with Crippen LogP contribution in [0.15, 0.2) is 83.1 Å². The highest BCUT2D eigenvalue weighted by Crippen LogP contribution is 2.36. The van der Waals surface area contributed by atoms with E-state index in [-0.39, 0.29) is 0 Å². The lowest BCUT2D eigenvalue weighted by Gasteiger charge is -1.98. The van der Waals surface area contributed by atoms with Crippen LogP contribution >= 0.6 is 0 Å². The van der Waals surface area contributed by atoms with Crippen molar-refractivity contribution in [3.63, 3.8) is 0 Å². The average molecular weight is 283 g/mol. The number of fused-ring (bicyclic) bond motifs is 3. The molecule has 1 aliphatic carbocycles. The number of pyridine rings is 1. The fraction of sp³-hybridized carbons (Fsp3) is 0. The molecule has 0 saturated carbocycles. The third kappa shape index (κ3) is 2.13. The lowest BCUT2D eigenvalue weighted by molar-refractivity contribution is 1.23. The van der Waals surface area contributed by atoms with Crippen molar-refractivity contribution in [2.75, 3.05) is 0 Å². The Morgan fingerprint density at radius 2 is 1.27 bits per heavy atom. The summed E-state index contributed by atoms with van der Waals surface area (Å²) in [6.07, 6.45) is 3.42. The number of hydrogen-bond donors (Lipinski definition) is 0. The molecule has 0 N–H and O–H groups in total. The summed E-state index contributed by atoms with van der Waals surface area (Å²) < 4.78 is 0. The second-order valence-corrected chi connectivity index (χ2v) is 5.04. The maximum absolute atomic E-state index is 4.45. The van der Waals surface area contributed by atoms with Crippen LogP contribution in [0.5, 0.6) is 0 Å². The van der Waals surface area contributed by atoms with Crippen molar-refractivity contribution < 1.29 is 0 Å². The van der Waals surface area contributed by atoms with Crippen molar-refractivity contribution in [3.8, 4) is 11.1 Å². The zero-order valence-corrected chi connectivity index (χ0v) is 11.8. The summed E-state index contributed by atoms with van der Waals surface area (Å²) in [7, 11) is 0. The van der Waals surface area contributed by atoms with Gasteiger partial charge in [-0.3, -0.25) is 4.98 Å². The van der Waals surface area contributed by atoms with E-state index >= 15 is 0 Å². The third-order valence-corrected chi connectivity index (χ3v) is 3.69. The molecule has 0 spiro atoms. The van der Waals surface area contributed by atoms with Crippen LogP contribution in [0.25, 0.3) is 11.1 Å². The minimum absolute atomic E-state index is 0.798. The summed E-state index contributed by atoms with van der Waals surface area (Å²) in [6, 6.07) is 22.3. The summed E-state index contributed by atoms with van der Waals surface area (Å²) >= 11 is 0. The van der Waals surface area contributed by atoms with Gasteiger partial charge in [0.2, 0.25) is 0 Å². The molecule has 0 unspecified atom stereocenters. The molecule has 0 amide bonds. The van der Waals surface area contributed by atoms with Gasteiger partial charge >= 0.3 is 0 Å². The van der Waals surface area contributed by atoms with E-state index in [4.69, 9.17) is 0 Å². The standard InChI is InChI=1S/C19H13N3/c1-3-10-17-15(8-1)16-9-2-4-11-18(16)19(17)22-21-13-14-7-5-6-12-20-14/h1-13H. The Morgan fingerprint density at radius 3 is 1.86 bits per heavy atom. The van der Waals surface area contributed by atoms with Gasteiger partial charge in [-0.15, -0.1) is 5.10 Å². The Balaban J connectivity index is 1.78. The Kier molecular flexibility index (Phi) is 3.09. The molecular weight excluding hydrogens is 270 g/mol. The molecule has 3 aromatic rings. The number of nitrogens with zero attached hydrogens (tertiary/aromatic N) is 3. The molecule has 4 rings (SSSR count). The zero-order valence-electron chi connectivity index (χ0n) is 11.8. The van der Waals surface area contributed by atoms with Gasteiger partial charge in [0.05, 0.1) is 11.9 Å². The molecule has 1 aromatic heterocycles. The molecule has 2 aromatic carbocycles. The fourth-order valence-corrected chi connectivity index (χ4v) is 2.70. The van der Waals surface area contributed by atoms with Crippen LogP contribution in [0.3, 0.4) is 0 Å². The first kappa shape index (κ1) is 12.7. The van der Waals surface area contributed by atoms with E-state index in [0.717, 1.165) is 22.5 Å². The summed E-state index contributed by atoms with van der Waals surface area (Å²) in [4.78, 5) is 4.21. The van der Waals surface area contributed by atoms with Gasteiger partial charge in [0, 0.05) is 17.3 Å². The number of rotatable bonds is 2.